The standard InChI is InChI=1S/C16H22Cl2N2O2/c1-10(21)20-5-3-11(4-6-20)13(9-19)12-7-14(17)15(18)8-16(12)22-2/h7-8,11,13H,3-6,9,19H2,1-2H3. The molecule has 4 nitrogen and oxygen atoms in total. The van der Waals surface area contributed by atoms with E-state index in [-0.39, 0.29) is 11.8 Å². The van der Waals surface area contributed by atoms with E-state index in [2.05, 4.69) is 0 Å². The van der Waals surface area contributed by atoms with Crippen molar-refractivity contribution in [3.05, 3.63) is 27.7 Å². The van der Waals surface area contributed by atoms with E-state index in [9.17, 15) is 4.79 Å². The number of amides is 1. The van der Waals surface area contributed by atoms with Gasteiger partial charge in [0.05, 0.1) is 17.2 Å². The van der Waals surface area contributed by atoms with Crippen LogP contribution < -0.4 is 10.5 Å². The number of carbonyl (C=O) groups excluding carboxylic acids is 1. The number of likely N-dealkylation sites (tertiary alicyclic amines) is 1. The van der Waals surface area contributed by atoms with Gasteiger partial charge in [0.15, 0.2) is 0 Å². The van der Waals surface area contributed by atoms with Crippen molar-refractivity contribution in [2.24, 2.45) is 11.7 Å². The largest absolute Gasteiger partial charge is 0.496 e. The molecule has 1 heterocycles. The van der Waals surface area contributed by atoms with E-state index in [0.717, 1.165) is 37.2 Å². The summed E-state index contributed by atoms with van der Waals surface area (Å²) in [4.78, 5) is 13.3. The minimum absolute atomic E-state index is 0.134. The first kappa shape index (κ1) is 17.4. The van der Waals surface area contributed by atoms with E-state index in [1.807, 2.05) is 11.0 Å². The van der Waals surface area contributed by atoms with Gasteiger partial charge in [-0.05, 0) is 31.4 Å². The smallest absolute Gasteiger partial charge is 0.219 e. The van der Waals surface area contributed by atoms with Gasteiger partial charge >= 0.3 is 0 Å². The molecule has 1 saturated heterocycles. The molecule has 0 spiro atoms. The van der Waals surface area contributed by atoms with Crippen LogP contribution in [0.4, 0.5) is 0 Å². The molecule has 1 aromatic carbocycles. The molecule has 1 atom stereocenters. The molecular formula is C16H22Cl2N2O2. The van der Waals surface area contributed by atoms with Crippen molar-refractivity contribution >= 4 is 29.1 Å². The predicted molar refractivity (Wildman–Crippen MR) is 89.8 cm³/mol. The van der Waals surface area contributed by atoms with Crippen LogP contribution in [0.15, 0.2) is 12.1 Å². The topological polar surface area (TPSA) is 55.6 Å². The van der Waals surface area contributed by atoms with Crippen molar-refractivity contribution in [2.45, 2.75) is 25.7 Å². The Morgan fingerprint density at radius 3 is 2.45 bits per heavy atom. The number of benzene rings is 1. The van der Waals surface area contributed by atoms with Gasteiger partial charge in [-0.25, -0.2) is 0 Å². The van der Waals surface area contributed by atoms with Crippen molar-refractivity contribution in [3.63, 3.8) is 0 Å². The Hall–Kier alpha value is -0.970. The maximum Gasteiger partial charge on any atom is 0.219 e. The van der Waals surface area contributed by atoms with Gasteiger partial charge < -0.3 is 15.4 Å². The number of piperidine rings is 1. The summed E-state index contributed by atoms with van der Waals surface area (Å²) in [5.74, 6) is 1.42. The number of nitrogens with two attached hydrogens (primary N) is 1. The fourth-order valence-corrected chi connectivity index (χ4v) is 3.53. The molecule has 22 heavy (non-hydrogen) atoms. The Morgan fingerprint density at radius 1 is 1.36 bits per heavy atom. The number of carbonyl (C=O) groups is 1. The van der Waals surface area contributed by atoms with Gasteiger partial charge in [0.1, 0.15) is 5.75 Å². The molecule has 0 aliphatic carbocycles. The second kappa shape index (κ2) is 7.53. The van der Waals surface area contributed by atoms with Crippen molar-refractivity contribution in [1.29, 1.82) is 0 Å². The van der Waals surface area contributed by atoms with E-state index in [1.165, 1.54) is 0 Å². The molecule has 1 unspecified atom stereocenters. The summed E-state index contributed by atoms with van der Waals surface area (Å²) in [7, 11) is 1.62. The van der Waals surface area contributed by atoms with E-state index in [4.69, 9.17) is 33.7 Å². The molecule has 0 bridgehead atoms. The molecule has 1 amide bonds. The second-order valence-corrected chi connectivity index (χ2v) is 6.51. The number of halogens is 2. The molecule has 2 N–H and O–H groups in total. The summed E-state index contributed by atoms with van der Waals surface area (Å²) in [5, 5.41) is 0.988. The lowest BCUT2D eigenvalue weighted by molar-refractivity contribution is -0.130. The molecule has 1 aliphatic rings. The molecule has 0 radical (unpaired) electrons. The highest BCUT2D eigenvalue weighted by atomic mass is 35.5. The van der Waals surface area contributed by atoms with E-state index < -0.39 is 0 Å². The Bertz CT molecular complexity index is 543. The fourth-order valence-electron chi connectivity index (χ4n) is 3.20. The fraction of sp³-hybridized carbons (Fsp3) is 0.562. The van der Waals surface area contributed by atoms with Gasteiger partial charge in [-0.3, -0.25) is 4.79 Å². The summed E-state index contributed by atoms with van der Waals surface area (Å²) in [6.45, 7) is 3.68. The van der Waals surface area contributed by atoms with E-state index in [0.29, 0.717) is 22.5 Å². The van der Waals surface area contributed by atoms with Crippen LogP contribution in [0.1, 0.15) is 31.2 Å². The van der Waals surface area contributed by atoms with Crippen molar-refractivity contribution < 1.29 is 9.53 Å². The van der Waals surface area contributed by atoms with Crippen LogP contribution in [-0.2, 0) is 4.79 Å². The first-order valence-corrected chi connectivity index (χ1v) is 8.22. The number of hydrogen-bond donors (Lipinski definition) is 1. The minimum atomic E-state index is 0.134. The maximum absolute atomic E-state index is 11.4. The molecule has 1 fully saturated rings. The third-order valence-corrected chi connectivity index (χ3v) is 5.20. The normalized spacial score (nSPS) is 17.4. The van der Waals surface area contributed by atoms with Crippen molar-refractivity contribution in [1.82, 2.24) is 4.90 Å². The quantitative estimate of drug-likeness (QED) is 0.911. The van der Waals surface area contributed by atoms with Gasteiger partial charge in [0.2, 0.25) is 5.91 Å². The van der Waals surface area contributed by atoms with Gasteiger partial charge in [-0.1, -0.05) is 23.2 Å². The summed E-state index contributed by atoms with van der Waals surface area (Å²) in [5.41, 5.74) is 7.03. The summed E-state index contributed by atoms with van der Waals surface area (Å²) < 4.78 is 5.45. The average Bonchev–Trinajstić information content (AvgIpc) is 2.51. The second-order valence-electron chi connectivity index (χ2n) is 5.69. The third kappa shape index (κ3) is 3.67. The first-order chi connectivity index (χ1) is 10.5. The monoisotopic (exact) mass is 344 g/mol. The lowest BCUT2D eigenvalue weighted by atomic mass is 9.79. The van der Waals surface area contributed by atoms with E-state index >= 15 is 0 Å². The van der Waals surface area contributed by atoms with Crippen LogP contribution in [-0.4, -0.2) is 37.6 Å². The van der Waals surface area contributed by atoms with Gasteiger partial charge in [-0.15, -0.1) is 0 Å². The minimum Gasteiger partial charge on any atom is -0.496 e. The number of ether oxygens (including phenoxy) is 1. The van der Waals surface area contributed by atoms with Crippen molar-refractivity contribution in [3.8, 4) is 5.75 Å². The Morgan fingerprint density at radius 2 is 1.95 bits per heavy atom. The summed E-state index contributed by atoms with van der Waals surface area (Å²) in [6.07, 6.45) is 1.87. The van der Waals surface area contributed by atoms with E-state index in [1.54, 1.807) is 20.1 Å². The Kier molecular flexibility index (Phi) is 5.95. The highest BCUT2D eigenvalue weighted by Crippen LogP contribution is 2.40. The van der Waals surface area contributed by atoms with Crippen LogP contribution in [0.5, 0.6) is 5.75 Å². The lowest BCUT2D eigenvalue weighted by Gasteiger charge is -2.36. The molecule has 122 valence electrons. The molecule has 1 aromatic rings. The molecule has 0 saturated carbocycles. The van der Waals surface area contributed by atoms with Crippen molar-refractivity contribution in [2.75, 3.05) is 26.7 Å². The first-order valence-electron chi connectivity index (χ1n) is 7.46. The highest BCUT2D eigenvalue weighted by Gasteiger charge is 2.29. The maximum atomic E-state index is 11.4. The van der Waals surface area contributed by atoms with Crippen LogP contribution in [0, 0.1) is 5.92 Å². The van der Waals surface area contributed by atoms with Crippen LogP contribution in [0.3, 0.4) is 0 Å². The molecule has 6 heteroatoms. The van der Waals surface area contributed by atoms with Gasteiger partial charge in [0.25, 0.3) is 0 Å². The number of rotatable bonds is 4. The van der Waals surface area contributed by atoms with Crippen LogP contribution >= 0.6 is 23.2 Å². The summed E-state index contributed by atoms with van der Waals surface area (Å²) >= 11 is 12.2. The van der Waals surface area contributed by atoms with Gasteiger partial charge in [-0.2, -0.15) is 0 Å². The number of methoxy groups -OCH3 is 1. The highest BCUT2D eigenvalue weighted by molar-refractivity contribution is 6.42. The number of hydrogen-bond acceptors (Lipinski definition) is 3. The van der Waals surface area contributed by atoms with Gasteiger partial charge in [0, 0.05) is 37.6 Å². The predicted octanol–water partition coefficient (Wildman–Crippen LogP) is 3.30. The SMILES string of the molecule is COc1cc(Cl)c(Cl)cc1C(CN)C1CCN(C(C)=O)CC1. The Balaban J connectivity index is 2.22. The lowest BCUT2D eigenvalue weighted by Crippen LogP contribution is -2.39. The van der Waals surface area contributed by atoms with Crippen LogP contribution in [0.25, 0.3) is 0 Å². The zero-order chi connectivity index (χ0) is 16.3. The zero-order valence-corrected chi connectivity index (χ0v) is 14.5. The third-order valence-electron chi connectivity index (χ3n) is 4.48. The molecule has 2 rings (SSSR count). The number of nitrogens with zero attached hydrogens (tertiary/aromatic N) is 1. The molecule has 0 aromatic heterocycles. The average molecular weight is 345 g/mol. The zero-order valence-electron chi connectivity index (χ0n) is 12.9. The molecular weight excluding hydrogens is 323 g/mol. The van der Waals surface area contributed by atoms with Crippen LogP contribution in [0.2, 0.25) is 10.0 Å². The molecule has 1 aliphatic heterocycles. The summed E-state index contributed by atoms with van der Waals surface area (Å²) in [6, 6.07) is 3.60. The Labute approximate surface area is 141 Å².